The van der Waals surface area contributed by atoms with Crippen molar-refractivity contribution < 1.29 is 14.3 Å². The van der Waals surface area contributed by atoms with Crippen LogP contribution in [0, 0.1) is 13.8 Å². The lowest BCUT2D eigenvalue weighted by molar-refractivity contribution is -0.115. The minimum atomic E-state index is -0.0572. The predicted molar refractivity (Wildman–Crippen MR) is 130 cm³/mol. The molecule has 0 saturated heterocycles. The van der Waals surface area contributed by atoms with Crippen LogP contribution in [0.2, 0.25) is 0 Å². The number of nitrogens with zero attached hydrogens (tertiary/aromatic N) is 2. The number of benzene rings is 3. The highest BCUT2D eigenvalue weighted by molar-refractivity contribution is 7.07. The quantitative estimate of drug-likeness (QED) is 0.364. The first-order valence-electron chi connectivity index (χ1n) is 10.6. The first kappa shape index (κ1) is 22.5. The molecule has 0 atom stereocenters. The third kappa shape index (κ3) is 6.17. The highest BCUT2D eigenvalue weighted by atomic mass is 32.1. The van der Waals surface area contributed by atoms with E-state index in [1.807, 2.05) is 80.6 Å². The van der Waals surface area contributed by atoms with Gasteiger partial charge in [-0.1, -0.05) is 30.3 Å². The van der Waals surface area contributed by atoms with Crippen LogP contribution in [0.25, 0.3) is 0 Å². The molecule has 33 heavy (non-hydrogen) atoms. The van der Waals surface area contributed by atoms with E-state index in [0.29, 0.717) is 23.2 Å². The minimum Gasteiger partial charge on any atom is -0.497 e. The van der Waals surface area contributed by atoms with Gasteiger partial charge in [0, 0.05) is 23.6 Å². The Morgan fingerprint density at radius 1 is 0.939 bits per heavy atom. The molecule has 1 heterocycles. The molecule has 0 radical (unpaired) electrons. The third-order valence-corrected chi connectivity index (χ3v) is 5.86. The van der Waals surface area contributed by atoms with Crippen LogP contribution in [0.4, 0.5) is 5.69 Å². The van der Waals surface area contributed by atoms with Crippen molar-refractivity contribution in [2.24, 2.45) is 0 Å². The van der Waals surface area contributed by atoms with Crippen molar-refractivity contribution in [3.8, 4) is 16.7 Å². The molecule has 0 aliphatic rings. The summed E-state index contributed by atoms with van der Waals surface area (Å²) < 4.78 is 15.5. The van der Waals surface area contributed by atoms with Crippen LogP contribution >= 0.6 is 11.5 Å². The summed E-state index contributed by atoms with van der Waals surface area (Å²) in [5.41, 5.74) is 5.13. The SMILES string of the molecule is COc1cccc(Cc2nsc(Oc3ccc(CC(=O)Nc4ccc(C)c(C)c4)cc3)n2)c1. The molecule has 1 amide bonds. The van der Waals surface area contributed by atoms with E-state index in [9.17, 15) is 4.79 Å². The monoisotopic (exact) mass is 459 g/mol. The fourth-order valence-electron chi connectivity index (χ4n) is 3.30. The molecule has 0 saturated carbocycles. The Hall–Kier alpha value is -3.71. The number of amides is 1. The second-order valence-electron chi connectivity index (χ2n) is 7.77. The third-order valence-electron chi connectivity index (χ3n) is 5.23. The number of rotatable bonds is 8. The highest BCUT2D eigenvalue weighted by Crippen LogP contribution is 2.25. The number of aromatic nitrogens is 2. The van der Waals surface area contributed by atoms with Crippen LogP contribution in [0.1, 0.15) is 28.1 Å². The van der Waals surface area contributed by atoms with Gasteiger partial charge in [0.15, 0.2) is 5.82 Å². The van der Waals surface area contributed by atoms with Crippen LogP contribution in [0.3, 0.4) is 0 Å². The molecule has 0 aliphatic heterocycles. The molecule has 0 aliphatic carbocycles. The summed E-state index contributed by atoms with van der Waals surface area (Å²) in [7, 11) is 1.65. The average molecular weight is 460 g/mol. The lowest BCUT2D eigenvalue weighted by Gasteiger charge is -2.08. The average Bonchev–Trinajstić information content (AvgIpc) is 3.24. The molecule has 0 spiro atoms. The van der Waals surface area contributed by atoms with Crippen LogP contribution in [-0.4, -0.2) is 22.4 Å². The van der Waals surface area contributed by atoms with Crippen molar-refractivity contribution >= 4 is 23.1 Å². The van der Waals surface area contributed by atoms with Gasteiger partial charge >= 0.3 is 0 Å². The lowest BCUT2D eigenvalue weighted by atomic mass is 10.1. The summed E-state index contributed by atoms with van der Waals surface area (Å²) in [6.07, 6.45) is 0.891. The normalized spacial score (nSPS) is 10.6. The summed E-state index contributed by atoms with van der Waals surface area (Å²) in [6.45, 7) is 4.08. The molecule has 0 bridgehead atoms. The van der Waals surface area contributed by atoms with E-state index in [1.54, 1.807) is 7.11 Å². The first-order valence-corrected chi connectivity index (χ1v) is 11.4. The maximum absolute atomic E-state index is 12.4. The van der Waals surface area contributed by atoms with Crippen molar-refractivity contribution in [3.63, 3.8) is 0 Å². The van der Waals surface area contributed by atoms with Gasteiger partial charge in [0.05, 0.1) is 13.5 Å². The van der Waals surface area contributed by atoms with Gasteiger partial charge in [0.2, 0.25) is 5.91 Å². The van der Waals surface area contributed by atoms with Crippen molar-refractivity contribution in [1.29, 1.82) is 0 Å². The maximum atomic E-state index is 12.4. The van der Waals surface area contributed by atoms with Crippen LogP contribution in [-0.2, 0) is 17.6 Å². The number of aryl methyl sites for hydroxylation is 2. The molecule has 168 valence electrons. The highest BCUT2D eigenvalue weighted by Gasteiger charge is 2.09. The topological polar surface area (TPSA) is 73.3 Å². The molecule has 6 nitrogen and oxygen atoms in total. The van der Waals surface area contributed by atoms with Gasteiger partial charge in [-0.05, 0) is 72.5 Å². The number of hydrogen-bond acceptors (Lipinski definition) is 6. The second-order valence-corrected chi connectivity index (χ2v) is 8.49. The van der Waals surface area contributed by atoms with Gasteiger partial charge in [-0.25, -0.2) is 0 Å². The van der Waals surface area contributed by atoms with E-state index in [4.69, 9.17) is 9.47 Å². The van der Waals surface area contributed by atoms with Gasteiger partial charge in [0.1, 0.15) is 11.5 Å². The number of anilines is 1. The fourth-order valence-corrected chi connectivity index (χ4v) is 3.87. The van der Waals surface area contributed by atoms with Crippen molar-refractivity contribution in [2.45, 2.75) is 26.7 Å². The van der Waals surface area contributed by atoms with Gasteiger partial charge < -0.3 is 14.8 Å². The Balaban J connectivity index is 1.32. The largest absolute Gasteiger partial charge is 0.497 e. The van der Waals surface area contributed by atoms with E-state index in [1.165, 1.54) is 17.1 Å². The smallest absolute Gasteiger partial charge is 0.298 e. The molecule has 4 rings (SSSR count). The summed E-state index contributed by atoms with van der Waals surface area (Å²) in [5.74, 6) is 2.10. The number of nitrogens with one attached hydrogen (secondary N) is 1. The van der Waals surface area contributed by atoms with Crippen molar-refractivity contribution in [1.82, 2.24) is 9.36 Å². The Bertz CT molecular complexity index is 1250. The molecule has 1 N–H and O–H groups in total. The first-order chi connectivity index (χ1) is 16.0. The maximum Gasteiger partial charge on any atom is 0.298 e. The lowest BCUT2D eigenvalue weighted by Crippen LogP contribution is -2.14. The molecular formula is C26H25N3O3S. The number of hydrogen-bond donors (Lipinski definition) is 1. The summed E-state index contributed by atoms with van der Waals surface area (Å²) >= 11 is 1.21. The Kier molecular flexibility index (Phi) is 7.00. The second kappa shape index (κ2) is 10.3. The Morgan fingerprint density at radius 2 is 1.76 bits per heavy atom. The predicted octanol–water partition coefficient (Wildman–Crippen LogP) is 5.73. The van der Waals surface area contributed by atoms with Crippen molar-refractivity contribution in [2.75, 3.05) is 12.4 Å². The van der Waals surface area contributed by atoms with Gasteiger partial charge in [-0.15, -0.1) is 0 Å². The molecular weight excluding hydrogens is 434 g/mol. The molecule has 0 unspecified atom stereocenters. The van der Waals surface area contributed by atoms with Crippen molar-refractivity contribution in [3.05, 3.63) is 94.8 Å². The summed E-state index contributed by atoms with van der Waals surface area (Å²) in [5, 5.41) is 3.43. The van der Waals surface area contributed by atoms with Crippen LogP contribution < -0.4 is 14.8 Å². The van der Waals surface area contributed by atoms with Gasteiger partial charge in [0.25, 0.3) is 5.19 Å². The molecule has 3 aromatic carbocycles. The standard InChI is InChI=1S/C26H25N3O3S/c1-17-7-10-21(13-18(17)2)27-25(30)16-19-8-11-22(12-9-19)32-26-28-24(29-33-26)15-20-5-4-6-23(14-20)31-3/h4-14H,15-16H2,1-3H3,(H,27,30). The summed E-state index contributed by atoms with van der Waals surface area (Å²) in [6, 6.07) is 21.2. The Labute approximate surface area is 197 Å². The van der Waals surface area contributed by atoms with E-state index >= 15 is 0 Å². The zero-order chi connectivity index (χ0) is 23.2. The number of carbonyl (C=O) groups is 1. The summed E-state index contributed by atoms with van der Waals surface area (Å²) in [4.78, 5) is 16.8. The minimum absolute atomic E-state index is 0.0572. The van der Waals surface area contributed by atoms with Gasteiger partial charge in [-0.3, -0.25) is 4.79 Å². The van der Waals surface area contributed by atoms with Crippen LogP contribution in [0.5, 0.6) is 16.7 Å². The molecule has 7 heteroatoms. The zero-order valence-corrected chi connectivity index (χ0v) is 19.6. The molecule has 1 aromatic heterocycles. The number of ether oxygens (including phenoxy) is 2. The van der Waals surface area contributed by atoms with E-state index in [0.717, 1.165) is 28.1 Å². The Morgan fingerprint density at radius 3 is 2.52 bits per heavy atom. The number of carbonyl (C=O) groups excluding carboxylic acids is 1. The molecule has 0 fully saturated rings. The van der Waals surface area contributed by atoms with E-state index < -0.39 is 0 Å². The van der Waals surface area contributed by atoms with E-state index in [2.05, 4.69) is 14.7 Å². The van der Waals surface area contributed by atoms with Crippen LogP contribution in [0.15, 0.2) is 66.7 Å². The van der Waals surface area contributed by atoms with Gasteiger partial charge in [-0.2, -0.15) is 9.36 Å². The molecule has 4 aromatic rings. The van der Waals surface area contributed by atoms with E-state index in [-0.39, 0.29) is 12.3 Å². The fraction of sp³-hybridized carbons (Fsp3) is 0.192. The zero-order valence-electron chi connectivity index (χ0n) is 18.8. The number of methoxy groups -OCH3 is 1.